The highest BCUT2D eigenvalue weighted by Gasteiger charge is 2.16. The molecule has 0 spiro atoms. The number of hydrogen-bond acceptors (Lipinski definition) is 6. The predicted octanol–water partition coefficient (Wildman–Crippen LogP) is 2.09. The monoisotopic (exact) mass is 329 g/mol. The molecule has 0 saturated heterocycles. The van der Waals surface area contributed by atoms with Crippen molar-refractivity contribution in [2.45, 2.75) is 12.8 Å². The van der Waals surface area contributed by atoms with E-state index < -0.39 is 16.4 Å². The third kappa shape index (κ3) is 4.54. The van der Waals surface area contributed by atoms with Gasteiger partial charge in [0, 0.05) is 24.1 Å². The Hall–Kier alpha value is -3.42. The normalized spacial score (nSPS) is 10.7. The summed E-state index contributed by atoms with van der Waals surface area (Å²) in [7, 11) is 0. The number of hydrazone groups is 1. The summed E-state index contributed by atoms with van der Waals surface area (Å²) in [4.78, 5) is 21.6. The first-order valence-corrected chi connectivity index (χ1v) is 7.03. The first-order chi connectivity index (χ1) is 11.5. The van der Waals surface area contributed by atoms with Crippen molar-refractivity contribution in [2.75, 3.05) is 0 Å². The summed E-state index contributed by atoms with van der Waals surface area (Å²) in [5.74, 6) is -1.37. The molecule has 1 amide bonds. The van der Waals surface area contributed by atoms with Crippen LogP contribution in [-0.4, -0.2) is 27.3 Å². The SMILES string of the molecule is O=C(CCc1ccccc1)N/N=C\c1cc([N+](=O)[O-])c(O)cc1O. The van der Waals surface area contributed by atoms with Crippen LogP contribution in [0.5, 0.6) is 11.5 Å². The lowest BCUT2D eigenvalue weighted by Crippen LogP contribution is -2.17. The lowest BCUT2D eigenvalue weighted by atomic mass is 10.1. The molecule has 0 bridgehead atoms. The van der Waals surface area contributed by atoms with Crippen molar-refractivity contribution >= 4 is 17.8 Å². The van der Waals surface area contributed by atoms with E-state index in [1.807, 2.05) is 30.3 Å². The Bertz CT molecular complexity index is 775. The van der Waals surface area contributed by atoms with E-state index in [0.717, 1.165) is 23.9 Å². The highest BCUT2D eigenvalue weighted by atomic mass is 16.6. The number of aromatic hydroxyl groups is 2. The Balaban J connectivity index is 1.95. The van der Waals surface area contributed by atoms with E-state index in [1.54, 1.807) is 0 Å². The largest absolute Gasteiger partial charge is 0.507 e. The summed E-state index contributed by atoms with van der Waals surface area (Å²) in [5.41, 5.74) is 2.73. The van der Waals surface area contributed by atoms with Crippen LogP contribution in [0.25, 0.3) is 0 Å². The minimum absolute atomic E-state index is 0.00265. The number of carbonyl (C=O) groups is 1. The van der Waals surface area contributed by atoms with Crippen molar-refractivity contribution in [1.29, 1.82) is 0 Å². The summed E-state index contributed by atoms with van der Waals surface area (Å²) < 4.78 is 0. The number of aryl methyl sites for hydroxylation is 1. The van der Waals surface area contributed by atoms with Gasteiger partial charge in [0.25, 0.3) is 0 Å². The molecule has 2 rings (SSSR count). The van der Waals surface area contributed by atoms with Crippen LogP contribution in [0, 0.1) is 10.1 Å². The Morgan fingerprint density at radius 2 is 1.92 bits per heavy atom. The summed E-state index contributed by atoms with van der Waals surface area (Å²) in [6.07, 6.45) is 1.85. The topological polar surface area (TPSA) is 125 Å². The molecule has 2 aromatic carbocycles. The fourth-order valence-corrected chi connectivity index (χ4v) is 1.96. The average Bonchev–Trinajstić information content (AvgIpc) is 2.55. The molecule has 8 heteroatoms. The lowest BCUT2D eigenvalue weighted by molar-refractivity contribution is -0.385. The molecular weight excluding hydrogens is 314 g/mol. The standard InChI is InChI=1S/C16H15N3O5/c20-14-9-15(21)13(19(23)24)8-12(14)10-17-18-16(22)7-6-11-4-2-1-3-5-11/h1-5,8-10,20-21H,6-7H2,(H,18,22)/b17-10-. The zero-order valence-corrected chi connectivity index (χ0v) is 12.5. The number of nitro groups is 1. The van der Waals surface area contributed by atoms with Crippen molar-refractivity contribution in [3.8, 4) is 11.5 Å². The molecule has 0 aliphatic rings. The molecule has 0 saturated carbocycles. The van der Waals surface area contributed by atoms with Crippen molar-refractivity contribution in [1.82, 2.24) is 5.43 Å². The van der Waals surface area contributed by atoms with Gasteiger partial charge >= 0.3 is 5.69 Å². The highest BCUT2D eigenvalue weighted by Crippen LogP contribution is 2.31. The van der Waals surface area contributed by atoms with E-state index in [4.69, 9.17) is 0 Å². The molecule has 2 aromatic rings. The number of amides is 1. The van der Waals surface area contributed by atoms with Gasteiger partial charge in [-0.1, -0.05) is 30.3 Å². The van der Waals surface area contributed by atoms with Gasteiger partial charge in [-0.15, -0.1) is 0 Å². The van der Waals surface area contributed by atoms with Gasteiger partial charge in [0.05, 0.1) is 11.1 Å². The molecule has 0 heterocycles. The first-order valence-electron chi connectivity index (χ1n) is 7.03. The van der Waals surface area contributed by atoms with Gasteiger partial charge in [0.1, 0.15) is 5.75 Å². The van der Waals surface area contributed by atoms with Gasteiger partial charge in [-0.3, -0.25) is 14.9 Å². The van der Waals surface area contributed by atoms with E-state index >= 15 is 0 Å². The van der Waals surface area contributed by atoms with E-state index in [-0.39, 0.29) is 23.6 Å². The van der Waals surface area contributed by atoms with Crippen molar-refractivity contribution in [2.24, 2.45) is 5.10 Å². The van der Waals surface area contributed by atoms with Crippen molar-refractivity contribution in [3.63, 3.8) is 0 Å². The maximum Gasteiger partial charge on any atom is 0.311 e. The Kier molecular flexibility index (Phi) is 5.45. The highest BCUT2D eigenvalue weighted by molar-refractivity contribution is 5.86. The molecule has 0 radical (unpaired) electrons. The minimum atomic E-state index is -0.787. The van der Waals surface area contributed by atoms with Gasteiger partial charge in [-0.2, -0.15) is 5.10 Å². The van der Waals surface area contributed by atoms with Crippen molar-refractivity contribution < 1.29 is 19.9 Å². The quantitative estimate of drug-likeness (QED) is 0.425. The maximum absolute atomic E-state index is 11.7. The molecule has 0 atom stereocenters. The Morgan fingerprint density at radius 3 is 2.58 bits per heavy atom. The molecule has 0 unspecified atom stereocenters. The van der Waals surface area contributed by atoms with Crippen LogP contribution in [0.2, 0.25) is 0 Å². The number of phenolic OH excluding ortho intramolecular Hbond substituents is 2. The number of phenols is 2. The van der Waals surface area contributed by atoms with Crippen LogP contribution >= 0.6 is 0 Å². The second kappa shape index (κ2) is 7.73. The van der Waals surface area contributed by atoms with E-state index in [1.165, 1.54) is 0 Å². The fourth-order valence-electron chi connectivity index (χ4n) is 1.96. The van der Waals surface area contributed by atoms with Crippen molar-refractivity contribution in [3.05, 3.63) is 63.7 Å². The molecule has 8 nitrogen and oxygen atoms in total. The summed E-state index contributed by atoms with van der Waals surface area (Å²) in [6.45, 7) is 0. The predicted molar refractivity (Wildman–Crippen MR) is 86.9 cm³/mol. The second-order valence-electron chi connectivity index (χ2n) is 4.94. The summed E-state index contributed by atoms with van der Waals surface area (Å²) >= 11 is 0. The number of hydrogen-bond donors (Lipinski definition) is 3. The summed E-state index contributed by atoms with van der Waals surface area (Å²) in [5, 5.41) is 33.4. The first kappa shape index (κ1) is 16.9. The smallest absolute Gasteiger partial charge is 0.311 e. The Labute approximate surface area is 137 Å². The van der Waals surface area contributed by atoms with Crippen LogP contribution in [0.4, 0.5) is 5.69 Å². The van der Waals surface area contributed by atoms with E-state index in [9.17, 15) is 25.1 Å². The van der Waals surface area contributed by atoms with Crippen LogP contribution in [-0.2, 0) is 11.2 Å². The molecule has 0 aliphatic carbocycles. The number of nitro benzene ring substituents is 1. The van der Waals surface area contributed by atoms with Gasteiger partial charge < -0.3 is 10.2 Å². The maximum atomic E-state index is 11.7. The number of benzene rings is 2. The lowest BCUT2D eigenvalue weighted by Gasteiger charge is -2.02. The second-order valence-corrected chi connectivity index (χ2v) is 4.94. The molecule has 24 heavy (non-hydrogen) atoms. The number of rotatable bonds is 6. The van der Waals surface area contributed by atoms with E-state index in [0.29, 0.717) is 6.42 Å². The van der Waals surface area contributed by atoms with Crippen LogP contribution in [0.1, 0.15) is 17.5 Å². The van der Waals surface area contributed by atoms with Gasteiger partial charge in [0.2, 0.25) is 5.91 Å². The Morgan fingerprint density at radius 1 is 1.21 bits per heavy atom. The van der Waals surface area contributed by atoms with Gasteiger partial charge in [-0.25, -0.2) is 5.43 Å². The number of carbonyl (C=O) groups excluding carboxylic acids is 1. The van der Waals surface area contributed by atoms with Gasteiger partial charge in [0.15, 0.2) is 5.75 Å². The average molecular weight is 329 g/mol. The molecule has 0 aromatic heterocycles. The third-order valence-corrected chi connectivity index (χ3v) is 3.20. The zero-order valence-electron chi connectivity index (χ0n) is 12.5. The van der Waals surface area contributed by atoms with Gasteiger partial charge in [-0.05, 0) is 12.0 Å². The fraction of sp³-hybridized carbons (Fsp3) is 0.125. The molecule has 0 aliphatic heterocycles. The molecular formula is C16H15N3O5. The third-order valence-electron chi connectivity index (χ3n) is 3.20. The minimum Gasteiger partial charge on any atom is -0.507 e. The van der Waals surface area contributed by atoms with Crippen LogP contribution in [0.3, 0.4) is 0 Å². The molecule has 124 valence electrons. The summed E-state index contributed by atoms with van der Waals surface area (Å²) in [6, 6.07) is 11.3. The number of nitrogens with one attached hydrogen (secondary N) is 1. The number of nitrogens with zero attached hydrogens (tertiary/aromatic N) is 2. The van der Waals surface area contributed by atoms with Crippen LogP contribution < -0.4 is 5.43 Å². The molecule has 0 fully saturated rings. The molecule has 3 N–H and O–H groups in total. The van der Waals surface area contributed by atoms with E-state index in [2.05, 4.69) is 10.5 Å². The van der Waals surface area contributed by atoms with Crippen LogP contribution in [0.15, 0.2) is 47.6 Å². The zero-order chi connectivity index (χ0) is 17.5.